The Balaban J connectivity index is 1.36. The van der Waals surface area contributed by atoms with Crippen molar-refractivity contribution in [2.75, 3.05) is 33.4 Å². The molecule has 0 bridgehead atoms. The van der Waals surface area contributed by atoms with Gasteiger partial charge in [-0.3, -0.25) is 4.90 Å². The maximum Gasteiger partial charge on any atom is 0.174 e. The lowest BCUT2D eigenvalue weighted by Gasteiger charge is -2.42. The Kier molecular flexibility index (Phi) is 6.44. The number of rotatable bonds is 3. The minimum atomic E-state index is -0.0319. The van der Waals surface area contributed by atoms with E-state index >= 15 is 0 Å². The first-order valence-electron chi connectivity index (χ1n) is 12.8. The van der Waals surface area contributed by atoms with Gasteiger partial charge in [0.1, 0.15) is 13.2 Å². The van der Waals surface area contributed by atoms with Gasteiger partial charge in [0.05, 0.1) is 17.4 Å². The van der Waals surface area contributed by atoms with Gasteiger partial charge in [-0.2, -0.15) is 0 Å². The molecule has 39 heavy (non-hydrogen) atoms. The van der Waals surface area contributed by atoms with E-state index in [-0.39, 0.29) is 6.04 Å². The minimum Gasteiger partial charge on any atom is -0.486 e. The van der Waals surface area contributed by atoms with E-state index < -0.39 is 0 Å². The maximum atomic E-state index is 6.32. The zero-order valence-corrected chi connectivity index (χ0v) is 23.6. The second kappa shape index (κ2) is 10.1. The lowest BCUT2D eigenvalue weighted by atomic mass is 9.88. The molecule has 196 valence electrons. The second-order valence-electron chi connectivity index (χ2n) is 9.97. The molecule has 0 radical (unpaired) electrons. The molecule has 3 aromatic rings. The largest absolute Gasteiger partial charge is 0.486 e. The fraction of sp³-hybridized carbons (Fsp3) is 0.194. The number of nitrogens with zero attached hydrogens (tertiary/aromatic N) is 3. The molecule has 4 aliphatic heterocycles. The van der Waals surface area contributed by atoms with Crippen LogP contribution < -0.4 is 9.47 Å². The molecule has 1 unspecified atom stereocenters. The predicted molar refractivity (Wildman–Crippen MR) is 160 cm³/mol. The molecule has 3 aromatic carbocycles. The molecule has 0 fully saturated rings. The third-order valence-corrected chi connectivity index (χ3v) is 8.60. The molecule has 1 atom stereocenters. The summed E-state index contributed by atoms with van der Waals surface area (Å²) in [5.41, 5.74) is 7.97. The molecule has 7 rings (SSSR count). The molecule has 0 aromatic heterocycles. The van der Waals surface area contributed by atoms with E-state index in [1.54, 1.807) is 11.8 Å². The van der Waals surface area contributed by atoms with E-state index in [2.05, 4.69) is 64.7 Å². The fourth-order valence-electron chi connectivity index (χ4n) is 5.54. The highest BCUT2D eigenvalue weighted by atomic mass is 35.5. The molecule has 4 aliphatic rings. The third kappa shape index (κ3) is 4.66. The number of ether oxygens (including phenoxy) is 2. The van der Waals surface area contributed by atoms with Crippen molar-refractivity contribution in [3.63, 3.8) is 0 Å². The zero-order valence-electron chi connectivity index (χ0n) is 21.2. The van der Waals surface area contributed by atoms with Gasteiger partial charge in [0.25, 0.3) is 0 Å². The quantitative estimate of drug-likeness (QED) is 0.324. The van der Waals surface area contributed by atoms with Crippen LogP contribution in [0.4, 0.5) is 0 Å². The average molecular weight is 575 g/mol. The highest BCUT2D eigenvalue weighted by Crippen LogP contribution is 2.50. The summed E-state index contributed by atoms with van der Waals surface area (Å²) in [5, 5.41) is 4.61. The molecule has 0 saturated carbocycles. The molecule has 4 heterocycles. The maximum absolute atomic E-state index is 6.32. The standard InChI is InChI=1S/C31H25Cl2N3O2S/c1-35-16-22(14-19-2-7-23(32)8-3-19)29-25(17-35)30(20-4-9-24(33)10-5-20)36-26(18-39-31(36)34-29)21-6-11-27-28(15-21)38-13-12-37-27/h2-11,14-15,18,30H,12-13,16-17H2,1H3. The van der Waals surface area contributed by atoms with Gasteiger partial charge >= 0.3 is 0 Å². The number of likely N-dealkylation sites (N-methyl/N-ethyl adjacent to an activating group) is 1. The average Bonchev–Trinajstić information content (AvgIpc) is 3.37. The van der Waals surface area contributed by atoms with E-state index in [0.29, 0.717) is 13.2 Å². The fourth-order valence-corrected chi connectivity index (χ4v) is 6.72. The summed E-state index contributed by atoms with van der Waals surface area (Å²) in [5.74, 6) is 1.56. The van der Waals surface area contributed by atoms with Crippen LogP contribution in [-0.2, 0) is 0 Å². The van der Waals surface area contributed by atoms with Crippen molar-refractivity contribution < 1.29 is 9.47 Å². The van der Waals surface area contributed by atoms with Crippen LogP contribution in [0.5, 0.6) is 11.5 Å². The lowest BCUT2D eigenvalue weighted by molar-refractivity contribution is 0.171. The number of halogens is 2. The summed E-state index contributed by atoms with van der Waals surface area (Å²) in [6, 6.07) is 22.3. The van der Waals surface area contributed by atoms with Crippen LogP contribution in [0.1, 0.15) is 22.7 Å². The molecule has 0 N–H and O–H groups in total. The lowest BCUT2D eigenvalue weighted by Crippen LogP contribution is -2.40. The Morgan fingerprint density at radius 1 is 0.897 bits per heavy atom. The van der Waals surface area contributed by atoms with E-state index in [0.717, 1.165) is 62.3 Å². The normalized spacial score (nSPS) is 21.5. The molecular formula is C31H25Cl2N3O2S. The molecule has 0 saturated heterocycles. The monoisotopic (exact) mass is 573 g/mol. The van der Waals surface area contributed by atoms with Crippen LogP contribution in [0.2, 0.25) is 10.0 Å². The first kappa shape index (κ1) is 24.9. The van der Waals surface area contributed by atoms with Crippen molar-refractivity contribution in [2.24, 2.45) is 4.99 Å². The SMILES string of the molecule is CN1CC(=Cc2ccc(Cl)cc2)C2=C(C1)C(c1ccc(Cl)cc1)N1C(c3ccc4c(c3)OCCO4)=CSC1=N2. The smallest absolute Gasteiger partial charge is 0.174 e. The minimum absolute atomic E-state index is 0.0319. The summed E-state index contributed by atoms with van der Waals surface area (Å²) in [6.07, 6.45) is 2.23. The number of thioether (sulfide) groups is 1. The highest BCUT2D eigenvalue weighted by Gasteiger charge is 2.41. The van der Waals surface area contributed by atoms with Gasteiger partial charge in [-0.25, -0.2) is 4.99 Å². The number of fused-ring (bicyclic) bond motifs is 2. The van der Waals surface area contributed by atoms with Crippen LogP contribution in [0, 0.1) is 0 Å². The Hall–Kier alpha value is -3.16. The Labute approximate surface area is 242 Å². The Bertz CT molecular complexity index is 1580. The summed E-state index contributed by atoms with van der Waals surface area (Å²) >= 11 is 14.1. The van der Waals surface area contributed by atoms with Gasteiger partial charge in [-0.05, 0) is 77.9 Å². The van der Waals surface area contributed by atoms with Crippen LogP contribution in [0.15, 0.2) is 94.0 Å². The van der Waals surface area contributed by atoms with Gasteiger partial charge in [-0.1, -0.05) is 59.2 Å². The molecule has 0 amide bonds. The van der Waals surface area contributed by atoms with Crippen LogP contribution >= 0.6 is 35.0 Å². The summed E-state index contributed by atoms with van der Waals surface area (Å²) in [4.78, 5) is 9.99. The second-order valence-corrected chi connectivity index (χ2v) is 11.7. The van der Waals surface area contributed by atoms with Gasteiger partial charge in [0, 0.05) is 34.1 Å². The molecule has 8 heteroatoms. The van der Waals surface area contributed by atoms with Gasteiger partial charge in [0.2, 0.25) is 0 Å². The van der Waals surface area contributed by atoms with Crippen molar-refractivity contribution >= 4 is 51.9 Å². The van der Waals surface area contributed by atoms with Crippen LogP contribution in [0.3, 0.4) is 0 Å². The van der Waals surface area contributed by atoms with E-state index in [1.165, 1.54) is 16.7 Å². The van der Waals surface area contributed by atoms with Crippen LogP contribution in [0.25, 0.3) is 11.8 Å². The number of hydrogen-bond acceptors (Lipinski definition) is 6. The Morgan fingerprint density at radius 2 is 1.62 bits per heavy atom. The van der Waals surface area contributed by atoms with E-state index in [4.69, 9.17) is 37.7 Å². The van der Waals surface area contributed by atoms with Crippen molar-refractivity contribution in [3.8, 4) is 11.5 Å². The van der Waals surface area contributed by atoms with Crippen molar-refractivity contribution in [1.29, 1.82) is 0 Å². The molecular weight excluding hydrogens is 549 g/mol. The zero-order chi connectivity index (χ0) is 26.5. The number of benzene rings is 3. The van der Waals surface area contributed by atoms with E-state index in [9.17, 15) is 0 Å². The Morgan fingerprint density at radius 3 is 2.38 bits per heavy atom. The molecule has 0 spiro atoms. The highest BCUT2D eigenvalue weighted by molar-refractivity contribution is 8.16. The van der Waals surface area contributed by atoms with Crippen molar-refractivity contribution in [2.45, 2.75) is 6.04 Å². The van der Waals surface area contributed by atoms with E-state index in [1.807, 2.05) is 30.3 Å². The predicted octanol–water partition coefficient (Wildman–Crippen LogP) is 7.51. The third-order valence-electron chi connectivity index (χ3n) is 7.26. The van der Waals surface area contributed by atoms with Gasteiger partial charge in [0.15, 0.2) is 16.7 Å². The van der Waals surface area contributed by atoms with Gasteiger partial charge in [-0.15, -0.1) is 0 Å². The van der Waals surface area contributed by atoms with Crippen molar-refractivity contribution in [3.05, 3.63) is 116 Å². The first-order valence-corrected chi connectivity index (χ1v) is 14.5. The molecule has 5 nitrogen and oxygen atoms in total. The summed E-state index contributed by atoms with van der Waals surface area (Å²) < 4.78 is 11.7. The topological polar surface area (TPSA) is 37.3 Å². The van der Waals surface area contributed by atoms with Gasteiger partial charge < -0.3 is 14.4 Å². The van der Waals surface area contributed by atoms with Crippen LogP contribution in [-0.4, -0.2) is 48.3 Å². The number of aliphatic imine (C=N–C) groups is 1. The number of amidine groups is 1. The first-order chi connectivity index (χ1) is 19.0. The summed E-state index contributed by atoms with van der Waals surface area (Å²) in [6.45, 7) is 2.76. The van der Waals surface area contributed by atoms with Crippen molar-refractivity contribution in [1.82, 2.24) is 9.80 Å². The molecule has 0 aliphatic carbocycles. The summed E-state index contributed by atoms with van der Waals surface area (Å²) in [7, 11) is 2.16. The number of hydrogen-bond donors (Lipinski definition) is 0.